The summed E-state index contributed by atoms with van der Waals surface area (Å²) in [4.78, 5) is 4.97. The van der Waals surface area contributed by atoms with Crippen LogP contribution in [-0.2, 0) is 4.74 Å². The van der Waals surface area contributed by atoms with Gasteiger partial charge in [0.15, 0.2) is 5.17 Å². The Kier molecular flexibility index (Phi) is 3.07. The van der Waals surface area contributed by atoms with Crippen molar-refractivity contribution in [2.24, 2.45) is 10.9 Å². The van der Waals surface area contributed by atoms with Gasteiger partial charge in [0, 0.05) is 11.3 Å². The van der Waals surface area contributed by atoms with Crippen LogP contribution in [-0.4, -0.2) is 34.7 Å². The van der Waals surface area contributed by atoms with Gasteiger partial charge >= 0.3 is 0 Å². The molecule has 4 fully saturated rings. The minimum absolute atomic E-state index is 0.370. The fourth-order valence-electron chi connectivity index (χ4n) is 4.06. The van der Waals surface area contributed by atoms with Gasteiger partial charge in [-0.15, -0.1) is 0 Å². The summed E-state index contributed by atoms with van der Waals surface area (Å²) in [6.45, 7) is 2.39. The highest BCUT2D eigenvalue weighted by molar-refractivity contribution is 8.14. The molecule has 1 N–H and O–H groups in total. The SMILES string of the molecule is CC1CCC2(CC1)CSC(=NC1CC3CCC1O3)N2. The van der Waals surface area contributed by atoms with Crippen LogP contribution < -0.4 is 5.32 Å². The summed E-state index contributed by atoms with van der Waals surface area (Å²) in [5.74, 6) is 2.14. The van der Waals surface area contributed by atoms with Crippen LogP contribution in [0.2, 0.25) is 0 Å². The lowest BCUT2D eigenvalue weighted by Gasteiger charge is -2.35. The first kappa shape index (κ1) is 12.5. The van der Waals surface area contributed by atoms with Crippen molar-refractivity contribution in [2.75, 3.05) is 5.75 Å². The predicted octanol–water partition coefficient (Wildman–Crippen LogP) is 2.95. The molecular formula is C15H24N2OS. The summed E-state index contributed by atoms with van der Waals surface area (Å²) in [6, 6.07) is 0.436. The summed E-state index contributed by atoms with van der Waals surface area (Å²) < 4.78 is 5.90. The van der Waals surface area contributed by atoms with Crippen molar-refractivity contribution in [3.63, 3.8) is 0 Å². The molecule has 4 heteroatoms. The molecule has 3 nitrogen and oxygen atoms in total. The predicted molar refractivity (Wildman–Crippen MR) is 79.7 cm³/mol. The first-order valence-electron chi connectivity index (χ1n) is 7.87. The van der Waals surface area contributed by atoms with Crippen molar-refractivity contribution >= 4 is 16.9 Å². The molecule has 3 atom stereocenters. The third-order valence-electron chi connectivity index (χ3n) is 5.45. The summed E-state index contributed by atoms with van der Waals surface area (Å²) >= 11 is 1.95. The molecule has 1 spiro atoms. The minimum Gasteiger partial charge on any atom is -0.373 e. The average molecular weight is 280 g/mol. The summed E-state index contributed by atoms with van der Waals surface area (Å²) in [5, 5.41) is 4.97. The Labute approximate surface area is 120 Å². The number of fused-ring (bicyclic) bond motifs is 2. The largest absolute Gasteiger partial charge is 0.373 e. The van der Waals surface area contributed by atoms with Gasteiger partial charge in [-0.3, -0.25) is 4.99 Å². The van der Waals surface area contributed by atoms with Crippen molar-refractivity contribution in [2.45, 2.75) is 75.7 Å². The van der Waals surface area contributed by atoms with E-state index in [0.29, 0.717) is 23.8 Å². The van der Waals surface area contributed by atoms with Crippen LogP contribution in [0.3, 0.4) is 0 Å². The van der Waals surface area contributed by atoms with Crippen molar-refractivity contribution < 1.29 is 4.74 Å². The number of hydrogen-bond acceptors (Lipinski definition) is 3. The lowest BCUT2D eigenvalue weighted by Crippen LogP contribution is -2.46. The number of nitrogens with zero attached hydrogens (tertiary/aromatic N) is 1. The molecule has 3 saturated heterocycles. The lowest BCUT2D eigenvalue weighted by atomic mass is 9.78. The number of nitrogens with one attached hydrogen (secondary N) is 1. The molecule has 3 aliphatic heterocycles. The number of hydrogen-bond donors (Lipinski definition) is 1. The van der Waals surface area contributed by atoms with Gasteiger partial charge < -0.3 is 10.1 Å². The van der Waals surface area contributed by atoms with Crippen LogP contribution in [0, 0.1) is 5.92 Å². The summed E-state index contributed by atoms with van der Waals surface area (Å²) in [7, 11) is 0. The number of aliphatic imine (C=N–C) groups is 1. The molecule has 0 radical (unpaired) electrons. The van der Waals surface area contributed by atoms with E-state index in [-0.39, 0.29) is 0 Å². The highest BCUT2D eigenvalue weighted by Gasteiger charge is 2.43. The Hall–Kier alpha value is -0.220. The van der Waals surface area contributed by atoms with Gasteiger partial charge in [0.05, 0.1) is 18.2 Å². The first-order valence-corrected chi connectivity index (χ1v) is 8.85. The zero-order valence-corrected chi connectivity index (χ0v) is 12.5. The highest BCUT2D eigenvalue weighted by atomic mass is 32.2. The van der Waals surface area contributed by atoms with Gasteiger partial charge in [-0.2, -0.15) is 0 Å². The van der Waals surface area contributed by atoms with Crippen molar-refractivity contribution in [1.82, 2.24) is 5.32 Å². The molecule has 0 amide bonds. The second-order valence-corrected chi connectivity index (χ2v) is 7.95. The zero-order valence-electron chi connectivity index (χ0n) is 11.7. The van der Waals surface area contributed by atoms with E-state index in [9.17, 15) is 0 Å². The quantitative estimate of drug-likeness (QED) is 0.802. The van der Waals surface area contributed by atoms with E-state index in [0.717, 1.165) is 12.3 Å². The molecule has 2 bridgehead atoms. The monoisotopic (exact) mass is 280 g/mol. The van der Waals surface area contributed by atoms with Crippen LogP contribution in [0.25, 0.3) is 0 Å². The molecule has 0 aromatic rings. The fraction of sp³-hybridized carbons (Fsp3) is 0.933. The Balaban J connectivity index is 1.41. The van der Waals surface area contributed by atoms with Crippen molar-refractivity contribution in [3.05, 3.63) is 0 Å². The maximum Gasteiger partial charge on any atom is 0.157 e. The minimum atomic E-state index is 0.370. The normalized spacial score (nSPS) is 51.1. The standard InChI is InChI=1S/C15H24N2OS/c1-10-4-6-15(7-5-10)9-19-14(17-15)16-12-8-11-2-3-13(12)18-11/h10-13H,2-9H2,1H3,(H,16,17). The molecular weight excluding hydrogens is 256 g/mol. The molecule has 0 aromatic carbocycles. The van der Waals surface area contributed by atoms with Gasteiger partial charge in [-0.1, -0.05) is 18.7 Å². The van der Waals surface area contributed by atoms with E-state index in [2.05, 4.69) is 12.2 Å². The topological polar surface area (TPSA) is 33.6 Å². The third kappa shape index (κ3) is 2.31. The number of ether oxygens (including phenoxy) is 1. The van der Waals surface area contributed by atoms with Crippen LogP contribution in [0.1, 0.15) is 51.9 Å². The second kappa shape index (κ2) is 4.66. The maximum absolute atomic E-state index is 5.90. The van der Waals surface area contributed by atoms with E-state index in [1.54, 1.807) is 0 Å². The Morgan fingerprint density at radius 3 is 2.79 bits per heavy atom. The summed E-state index contributed by atoms with van der Waals surface area (Å²) in [6.07, 6.45) is 9.96. The van der Waals surface area contributed by atoms with E-state index < -0.39 is 0 Å². The van der Waals surface area contributed by atoms with Gasteiger partial charge in [-0.05, 0) is 50.9 Å². The second-order valence-electron chi connectivity index (χ2n) is 6.99. The van der Waals surface area contributed by atoms with Crippen LogP contribution in [0.5, 0.6) is 0 Å². The van der Waals surface area contributed by atoms with E-state index in [1.165, 1.54) is 49.4 Å². The Bertz CT molecular complexity index is 390. The molecule has 4 rings (SSSR count). The molecule has 106 valence electrons. The van der Waals surface area contributed by atoms with Crippen molar-refractivity contribution in [1.29, 1.82) is 0 Å². The first-order chi connectivity index (χ1) is 9.22. The Morgan fingerprint density at radius 2 is 2.11 bits per heavy atom. The average Bonchev–Trinajstić information content (AvgIpc) is 3.10. The molecule has 1 aliphatic carbocycles. The number of amidine groups is 1. The highest BCUT2D eigenvalue weighted by Crippen LogP contribution is 2.40. The number of rotatable bonds is 1. The smallest absolute Gasteiger partial charge is 0.157 e. The van der Waals surface area contributed by atoms with E-state index in [1.807, 2.05) is 11.8 Å². The van der Waals surface area contributed by atoms with E-state index in [4.69, 9.17) is 9.73 Å². The van der Waals surface area contributed by atoms with Gasteiger partial charge in [0.1, 0.15) is 0 Å². The van der Waals surface area contributed by atoms with Crippen LogP contribution >= 0.6 is 11.8 Å². The van der Waals surface area contributed by atoms with Crippen LogP contribution in [0.15, 0.2) is 4.99 Å². The molecule has 4 aliphatic rings. The third-order valence-corrected chi connectivity index (χ3v) is 6.62. The molecule has 19 heavy (non-hydrogen) atoms. The van der Waals surface area contributed by atoms with Gasteiger partial charge in [-0.25, -0.2) is 0 Å². The van der Waals surface area contributed by atoms with Crippen LogP contribution in [0.4, 0.5) is 0 Å². The molecule has 3 heterocycles. The molecule has 1 saturated carbocycles. The fourth-order valence-corrected chi connectivity index (χ4v) is 5.33. The van der Waals surface area contributed by atoms with Crippen molar-refractivity contribution in [3.8, 4) is 0 Å². The van der Waals surface area contributed by atoms with E-state index >= 15 is 0 Å². The Morgan fingerprint density at radius 1 is 1.26 bits per heavy atom. The molecule has 0 aromatic heterocycles. The lowest BCUT2D eigenvalue weighted by molar-refractivity contribution is 0.101. The van der Waals surface area contributed by atoms with Gasteiger partial charge in [0.2, 0.25) is 0 Å². The number of thioether (sulfide) groups is 1. The maximum atomic E-state index is 5.90. The van der Waals surface area contributed by atoms with Gasteiger partial charge in [0.25, 0.3) is 0 Å². The summed E-state index contributed by atoms with van der Waals surface area (Å²) in [5.41, 5.74) is 0.370. The zero-order chi connectivity index (χ0) is 12.9. The molecule has 3 unspecified atom stereocenters.